The molecule has 5 heteroatoms. The van der Waals surface area contributed by atoms with Crippen LogP contribution in [-0.4, -0.2) is 36.3 Å². The van der Waals surface area contributed by atoms with Crippen molar-refractivity contribution in [1.82, 2.24) is 15.3 Å². The summed E-state index contributed by atoms with van der Waals surface area (Å²) in [5.74, 6) is 0. The Hall–Kier alpha value is -1.20. The molecule has 1 aromatic rings. The first kappa shape index (κ1) is 13.9. The minimum Gasteiger partial charge on any atom is -0.461 e. The number of nitrogens with one attached hydrogen (secondary N) is 1. The van der Waals surface area contributed by atoms with Crippen LogP contribution >= 0.6 is 0 Å². The Morgan fingerprint density at radius 3 is 2.76 bits per heavy atom. The van der Waals surface area contributed by atoms with Crippen LogP contribution < -0.4 is 10.1 Å². The highest BCUT2D eigenvalue weighted by Crippen LogP contribution is 2.08. The molecule has 5 nitrogen and oxygen atoms in total. The SMILES string of the molecule is CCNCc1cnc(OCCOCC)nc1C. The number of aromatic nitrogens is 2. The lowest BCUT2D eigenvalue weighted by Gasteiger charge is -2.08. The maximum absolute atomic E-state index is 5.38. The topological polar surface area (TPSA) is 56.3 Å². The monoisotopic (exact) mass is 239 g/mol. The average Bonchev–Trinajstić information content (AvgIpc) is 2.34. The molecule has 96 valence electrons. The second kappa shape index (κ2) is 7.97. The van der Waals surface area contributed by atoms with E-state index in [0.29, 0.717) is 25.8 Å². The van der Waals surface area contributed by atoms with Gasteiger partial charge in [0.15, 0.2) is 0 Å². The molecular formula is C12H21N3O2. The standard InChI is InChI=1S/C12H21N3O2/c1-4-13-8-11-9-14-12(15-10(11)3)17-7-6-16-5-2/h9,13H,4-8H2,1-3H3. The van der Waals surface area contributed by atoms with Gasteiger partial charge in [0.25, 0.3) is 0 Å². The normalized spacial score (nSPS) is 10.5. The first-order valence-electron chi connectivity index (χ1n) is 6.01. The number of aryl methyl sites for hydroxylation is 1. The van der Waals surface area contributed by atoms with Crippen molar-refractivity contribution < 1.29 is 9.47 Å². The number of hydrogen-bond acceptors (Lipinski definition) is 5. The third-order valence-electron chi connectivity index (χ3n) is 2.29. The smallest absolute Gasteiger partial charge is 0.316 e. The fourth-order valence-corrected chi connectivity index (χ4v) is 1.31. The number of nitrogens with zero attached hydrogens (tertiary/aromatic N) is 2. The van der Waals surface area contributed by atoms with Crippen molar-refractivity contribution in [2.45, 2.75) is 27.3 Å². The molecule has 0 atom stereocenters. The van der Waals surface area contributed by atoms with Gasteiger partial charge in [0.05, 0.1) is 6.61 Å². The number of hydrogen-bond donors (Lipinski definition) is 1. The lowest BCUT2D eigenvalue weighted by atomic mass is 10.2. The second-order valence-corrected chi connectivity index (χ2v) is 3.59. The van der Waals surface area contributed by atoms with Gasteiger partial charge < -0.3 is 14.8 Å². The molecule has 1 rings (SSSR count). The Morgan fingerprint density at radius 1 is 1.29 bits per heavy atom. The highest BCUT2D eigenvalue weighted by molar-refractivity contribution is 5.17. The van der Waals surface area contributed by atoms with E-state index < -0.39 is 0 Å². The molecule has 1 heterocycles. The molecule has 17 heavy (non-hydrogen) atoms. The van der Waals surface area contributed by atoms with E-state index in [0.717, 1.165) is 24.3 Å². The largest absolute Gasteiger partial charge is 0.461 e. The van der Waals surface area contributed by atoms with E-state index in [-0.39, 0.29) is 0 Å². The molecule has 1 aromatic heterocycles. The van der Waals surface area contributed by atoms with Crippen LogP contribution in [0.5, 0.6) is 6.01 Å². The lowest BCUT2D eigenvalue weighted by molar-refractivity contribution is 0.106. The highest BCUT2D eigenvalue weighted by Gasteiger charge is 2.03. The van der Waals surface area contributed by atoms with Crippen molar-refractivity contribution in [2.24, 2.45) is 0 Å². The Balaban J connectivity index is 2.44. The molecule has 0 aromatic carbocycles. The molecule has 0 saturated heterocycles. The van der Waals surface area contributed by atoms with E-state index in [1.54, 1.807) is 6.20 Å². The maximum atomic E-state index is 5.38. The highest BCUT2D eigenvalue weighted by atomic mass is 16.5. The molecule has 0 amide bonds. The van der Waals surface area contributed by atoms with Gasteiger partial charge in [-0.15, -0.1) is 0 Å². The summed E-state index contributed by atoms with van der Waals surface area (Å²) in [6.07, 6.45) is 1.81. The summed E-state index contributed by atoms with van der Waals surface area (Å²) < 4.78 is 10.6. The van der Waals surface area contributed by atoms with Gasteiger partial charge in [0, 0.05) is 30.6 Å². The second-order valence-electron chi connectivity index (χ2n) is 3.59. The maximum Gasteiger partial charge on any atom is 0.316 e. The van der Waals surface area contributed by atoms with Gasteiger partial charge in [-0.3, -0.25) is 0 Å². The third-order valence-corrected chi connectivity index (χ3v) is 2.29. The van der Waals surface area contributed by atoms with Crippen molar-refractivity contribution in [3.63, 3.8) is 0 Å². The van der Waals surface area contributed by atoms with Gasteiger partial charge in [-0.25, -0.2) is 9.97 Å². The molecule has 0 aliphatic carbocycles. The molecular weight excluding hydrogens is 218 g/mol. The Bertz CT molecular complexity index is 332. The van der Waals surface area contributed by atoms with Crippen LogP contribution in [0.1, 0.15) is 25.1 Å². The first-order chi connectivity index (χ1) is 8.27. The summed E-state index contributed by atoms with van der Waals surface area (Å²) in [4.78, 5) is 8.46. The van der Waals surface area contributed by atoms with E-state index in [4.69, 9.17) is 9.47 Å². The summed E-state index contributed by atoms with van der Waals surface area (Å²) in [5, 5.41) is 3.24. The van der Waals surface area contributed by atoms with E-state index in [9.17, 15) is 0 Å². The number of ether oxygens (including phenoxy) is 2. The zero-order chi connectivity index (χ0) is 12.5. The van der Waals surface area contributed by atoms with Crippen LogP contribution in [0.4, 0.5) is 0 Å². The summed E-state index contributed by atoms with van der Waals surface area (Å²) in [5.41, 5.74) is 2.05. The minimum atomic E-state index is 0.419. The molecule has 0 radical (unpaired) electrons. The van der Waals surface area contributed by atoms with E-state index in [1.807, 2.05) is 13.8 Å². The molecule has 0 saturated carbocycles. The van der Waals surface area contributed by atoms with Crippen molar-refractivity contribution in [3.8, 4) is 6.01 Å². The third kappa shape index (κ3) is 5.10. The Morgan fingerprint density at radius 2 is 2.12 bits per heavy atom. The van der Waals surface area contributed by atoms with E-state index >= 15 is 0 Å². The quantitative estimate of drug-likeness (QED) is 0.693. The van der Waals surface area contributed by atoms with Crippen molar-refractivity contribution >= 4 is 0 Å². The van der Waals surface area contributed by atoms with Crippen molar-refractivity contribution in [3.05, 3.63) is 17.5 Å². The van der Waals surface area contributed by atoms with Crippen LogP contribution in [0.15, 0.2) is 6.20 Å². The van der Waals surface area contributed by atoms with Gasteiger partial charge >= 0.3 is 6.01 Å². The Labute approximate surface area is 103 Å². The van der Waals surface area contributed by atoms with Crippen molar-refractivity contribution in [2.75, 3.05) is 26.4 Å². The van der Waals surface area contributed by atoms with Gasteiger partial charge in [0.1, 0.15) is 6.61 Å². The van der Waals surface area contributed by atoms with Crippen LogP contribution in [0.3, 0.4) is 0 Å². The average molecular weight is 239 g/mol. The molecule has 0 bridgehead atoms. The molecule has 1 N–H and O–H groups in total. The zero-order valence-corrected chi connectivity index (χ0v) is 10.8. The van der Waals surface area contributed by atoms with E-state index in [1.165, 1.54) is 0 Å². The fraction of sp³-hybridized carbons (Fsp3) is 0.667. The zero-order valence-electron chi connectivity index (χ0n) is 10.8. The van der Waals surface area contributed by atoms with Gasteiger partial charge in [0.2, 0.25) is 0 Å². The van der Waals surface area contributed by atoms with Crippen LogP contribution in [-0.2, 0) is 11.3 Å². The molecule has 0 aliphatic rings. The molecule has 0 unspecified atom stereocenters. The van der Waals surface area contributed by atoms with Crippen LogP contribution in [0, 0.1) is 6.92 Å². The van der Waals surface area contributed by atoms with Gasteiger partial charge in [-0.1, -0.05) is 6.92 Å². The Kier molecular flexibility index (Phi) is 6.50. The lowest BCUT2D eigenvalue weighted by Crippen LogP contribution is -2.14. The summed E-state index contributed by atoms with van der Waals surface area (Å²) in [6, 6.07) is 0.419. The van der Waals surface area contributed by atoms with E-state index in [2.05, 4.69) is 22.2 Å². The fourth-order valence-electron chi connectivity index (χ4n) is 1.31. The molecule has 0 fully saturated rings. The molecule has 0 aliphatic heterocycles. The minimum absolute atomic E-state index is 0.419. The summed E-state index contributed by atoms with van der Waals surface area (Å²) >= 11 is 0. The predicted molar refractivity (Wildman–Crippen MR) is 66.1 cm³/mol. The summed E-state index contributed by atoms with van der Waals surface area (Å²) in [7, 11) is 0. The predicted octanol–water partition coefficient (Wildman–Crippen LogP) is 1.31. The van der Waals surface area contributed by atoms with Crippen LogP contribution in [0.2, 0.25) is 0 Å². The number of rotatable bonds is 8. The summed E-state index contributed by atoms with van der Waals surface area (Å²) in [6.45, 7) is 9.47. The van der Waals surface area contributed by atoms with Gasteiger partial charge in [-0.2, -0.15) is 0 Å². The van der Waals surface area contributed by atoms with Crippen LogP contribution in [0.25, 0.3) is 0 Å². The molecule has 0 spiro atoms. The van der Waals surface area contributed by atoms with Gasteiger partial charge in [-0.05, 0) is 20.4 Å². The first-order valence-corrected chi connectivity index (χ1v) is 6.01. The van der Waals surface area contributed by atoms with Crippen molar-refractivity contribution in [1.29, 1.82) is 0 Å².